The van der Waals surface area contributed by atoms with Crippen molar-refractivity contribution in [2.45, 2.75) is 26.3 Å². The number of rotatable bonds is 7. The van der Waals surface area contributed by atoms with Crippen LogP contribution in [-0.4, -0.2) is 25.0 Å². The van der Waals surface area contributed by atoms with E-state index in [4.69, 9.17) is 5.73 Å². The van der Waals surface area contributed by atoms with E-state index < -0.39 is 0 Å². The zero-order valence-corrected chi connectivity index (χ0v) is 10.5. The molecule has 1 atom stereocenters. The van der Waals surface area contributed by atoms with Crippen molar-refractivity contribution in [3.05, 3.63) is 35.9 Å². The Hall–Kier alpha value is -0.860. The molecule has 0 aliphatic heterocycles. The highest BCUT2D eigenvalue weighted by molar-refractivity contribution is 5.14. The largest absolute Gasteiger partial charge is 0.330 e. The molecule has 90 valence electrons. The molecule has 0 amide bonds. The summed E-state index contributed by atoms with van der Waals surface area (Å²) >= 11 is 0. The predicted molar refractivity (Wildman–Crippen MR) is 70.2 cm³/mol. The van der Waals surface area contributed by atoms with Gasteiger partial charge in [0.1, 0.15) is 0 Å². The molecule has 16 heavy (non-hydrogen) atoms. The van der Waals surface area contributed by atoms with Gasteiger partial charge in [-0.05, 0) is 31.5 Å². The van der Waals surface area contributed by atoms with Crippen LogP contribution in [0.25, 0.3) is 0 Å². The lowest BCUT2D eigenvalue weighted by Crippen LogP contribution is -2.29. The summed E-state index contributed by atoms with van der Waals surface area (Å²) in [5.74, 6) is 0.638. The molecule has 0 radical (unpaired) electrons. The second-order valence-electron chi connectivity index (χ2n) is 4.57. The van der Waals surface area contributed by atoms with Crippen LogP contribution >= 0.6 is 0 Å². The fourth-order valence-electron chi connectivity index (χ4n) is 2.09. The van der Waals surface area contributed by atoms with E-state index in [1.807, 2.05) is 0 Å². The molecule has 0 saturated heterocycles. The molecule has 1 aromatic rings. The van der Waals surface area contributed by atoms with Crippen molar-refractivity contribution in [2.75, 3.05) is 20.1 Å². The van der Waals surface area contributed by atoms with Gasteiger partial charge in [0.2, 0.25) is 0 Å². The van der Waals surface area contributed by atoms with E-state index in [0.29, 0.717) is 5.92 Å². The summed E-state index contributed by atoms with van der Waals surface area (Å²) in [6, 6.07) is 10.6. The molecule has 0 aliphatic carbocycles. The highest BCUT2D eigenvalue weighted by atomic mass is 15.1. The Labute approximate surface area is 99.5 Å². The topological polar surface area (TPSA) is 29.3 Å². The molecule has 0 saturated carbocycles. The standard InChI is InChI=1S/C14H24N2/c1-3-7-14(10-15)12-16(2)11-13-8-5-4-6-9-13/h4-6,8-9,14H,3,7,10-12,15H2,1-2H3. The highest BCUT2D eigenvalue weighted by Crippen LogP contribution is 2.09. The molecule has 2 nitrogen and oxygen atoms in total. The van der Waals surface area contributed by atoms with Gasteiger partial charge in [0, 0.05) is 13.1 Å². The van der Waals surface area contributed by atoms with Crippen LogP contribution in [0.5, 0.6) is 0 Å². The Kier molecular flexibility index (Phi) is 6.12. The lowest BCUT2D eigenvalue weighted by atomic mass is 10.0. The first-order valence-electron chi connectivity index (χ1n) is 6.18. The monoisotopic (exact) mass is 220 g/mol. The van der Waals surface area contributed by atoms with Crippen molar-refractivity contribution in [2.24, 2.45) is 11.7 Å². The molecule has 0 aliphatic rings. The molecule has 0 spiro atoms. The van der Waals surface area contributed by atoms with E-state index in [0.717, 1.165) is 19.6 Å². The first-order valence-corrected chi connectivity index (χ1v) is 6.18. The number of hydrogen-bond acceptors (Lipinski definition) is 2. The van der Waals surface area contributed by atoms with E-state index in [1.54, 1.807) is 0 Å². The van der Waals surface area contributed by atoms with Crippen molar-refractivity contribution in [3.8, 4) is 0 Å². The van der Waals surface area contributed by atoms with Crippen molar-refractivity contribution in [3.63, 3.8) is 0 Å². The van der Waals surface area contributed by atoms with Gasteiger partial charge >= 0.3 is 0 Å². The van der Waals surface area contributed by atoms with Gasteiger partial charge in [0.15, 0.2) is 0 Å². The van der Waals surface area contributed by atoms with Gasteiger partial charge < -0.3 is 10.6 Å². The molecule has 0 aromatic heterocycles. The minimum Gasteiger partial charge on any atom is -0.330 e. The zero-order valence-electron chi connectivity index (χ0n) is 10.5. The average Bonchev–Trinajstić information content (AvgIpc) is 2.29. The smallest absolute Gasteiger partial charge is 0.0230 e. The van der Waals surface area contributed by atoms with Gasteiger partial charge in [0.05, 0.1) is 0 Å². The maximum atomic E-state index is 5.77. The summed E-state index contributed by atoms with van der Waals surface area (Å²) in [5.41, 5.74) is 7.15. The van der Waals surface area contributed by atoms with Crippen molar-refractivity contribution in [1.29, 1.82) is 0 Å². The highest BCUT2D eigenvalue weighted by Gasteiger charge is 2.09. The Morgan fingerprint density at radius 1 is 1.25 bits per heavy atom. The maximum absolute atomic E-state index is 5.77. The minimum absolute atomic E-state index is 0.638. The third-order valence-corrected chi connectivity index (χ3v) is 2.90. The molecular formula is C14H24N2. The molecule has 0 bridgehead atoms. The number of benzene rings is 1. The average molecular weight is 220 g/mol. The first kappa shape index (κ1) is 13.2. The second-order valence-corrected chi connectivity index (χ2v) is 4.57. The molecule has 1 unspecified atom stereocenters. The lowest BCUT2D eigenvalue weighted by Gasteiger charge is -2.22. The maximum Gasteiger partial charge on any atom is 0.0230 e. The minimum atomic E-state index is 0.638. The number of nitrogens with zero attached hydrogens (tertiary/aromatic N) is 1. The van der Waals surface area contributed by atoms with Gasteiger partial charge in [-0.3, -0.25) is 0 Å². The zero-order chi connectivity index (χ0) is 11.8. The van der Waals surface area contributed by atoms with E-state index in [-0.39, 0.29) is 0 Å². The van der Waals surface area contributed by atoms with Crippen molar-refractivity contribution in [1.82, 2.24) is 4.90 Å². The SMILES string of the molecule is CCCC(CN)CN(C)Cc1ccccc1. The van der Waals surface area contributed by atoms with Crippen LogP contribution in [0.2, 0.25) is 0 Å². The van der Waals surface area contributed by atoms with E-state index in [2.05, 4.69) is 49.2 Å². The van der Waals surface area contributed by atoms with Crippen LogP contribution in [-0.2, 0) is 6.54 Å². The van der Waals surface area contributed by atoms with Gasteiger partial charge in [0.25, 0.3) is 0 Å². The van der Waals surface area contributed by atoms with E-state index >= 15 is 0 Å². The van der Waals surface area contributed by atoms with Crippen LogP contribution in [0.1, 0.15) is 25.3 Å². The summed E-state index contributed by atoms with van der Waals surface area (Å²) in [4.78, 5) is 2.36. The second kappa shape index (κ2) is 7.42. The fourth-order valence-corrected chi connectivity index (χ4v) is 2.09. The van der Waals surface area contributed by atoms with Crippen LogP contribution in [0.15, 0.2) is 30.3 Å². The molecule has 0 heterocycles. The van der Waals surface area contributed by atoms with Gasteiger partial charge in [-0.15, -0.1) is 0 Å². The third-order valence-electron chi connectivity index (χ3n) is 2.90. The number of hydrogen-bond donors (Lipinski definition) is 1. The van der Waals surface area contributed by atoms with Crippen molar-refractivity contribution < 1.29 is 0 Å². The predicted octanol–water partition coefficient (Wildman–Crippen LogP) is 2.49. The normalized spacial score (nSPS) is 13.0. The third kappa shape index (κ3) is 4.77. The summed E-state index contributed by atoms with van der Waals surface area (Å²) in [5, 5.41) is 0. The lowest BCUT2D eigenvalue weighted by molar-refractivity contribution is 0.263. The molecule has 0 fully saturated rings. The van der Waals surface area contributed by atoms with Crippen LogP contribution in [0.3, 0.4) is 0 Å². The van der Waals surface area contributed by atoms with E-state index in [9.17, 15) is 0 Å². The Morgan fingerprint density at radius 3 is 2.50 bits per heavy atom. The van der Waals surface area contributed by atoms with Gasteiger partial charge in [-0.1, -0.05) is 43.7 Å². The molecule has 2 N–H and O–H groups in total. The van der Waals surface area contributed by atoms with Crippen LogP contribution < -0.4 is 5.73 Å². The number of nitrogens with two attached hydrogens (primary N) is 1. The summed E-state index contributed by atoms with van der Waals surface area (Å²) < 4.78 is 0. The van der Waals surface area contributed by atoms with Crippen LogP contribution in [0, 0.1) is 5.92 Å². The molecular weight excluding hydrogens is 196 g/mol. The Morgan fingerprint density at radius 2 is 1.94 bits per heavy atom. The molecule has 1 rings (SSSR count). The van der Waals surface area contributed by atoms with Crippen molar-refractivity contribution >= 4 is 0 Å². The van der Waals surface area contributed by atoms with Crippen LogP contribution in [0.4, 0.5) is 0 Å². The Bertz CT molecular complexity index is 271. The summed E-state index contributed by atoms with van der Waals surface area (Å²) in [7, 11) is 2.17. The van der Waals surface area contributed by atoms with E-state index in [1.165, 1.54) is 18.4 Å². The summed E-state index contributed by atoms with van der Waals surface area (Å²) in [6.07, 6.45) is 2.46. The Balaban J connectivity index is 2.37. The van der Waals surface area contributed by atoms with Gasteiger partial charge in [-0.2, -0.15) is 0 Å². The fraction of sp³-hybridized carbons (Fsp3) is 0.571. The molecule has 1 aromatic carbocycles. The molecule has 2 heteroatoms. The summed E-state index contributed by atoms with van der Waals surface area (Å²) in [6.45, 7) is 5.13. The quantitative estimate of drug-likeness (QED) is 0.765. The van der Waals surface area contributed by atoms with Gasteiger partial charge in [-0.25, -0.2) is 0 Å². The first-order chi connectivity index (χ1) is 7.76.